The van der Waals surface area contributed by atoms with Crippen LogP contribution >= 0.6 is 15.9 Å². The van der Waals surface area contributed by atoms with Crippen LogP contribution in [-0.2, 0) is 25.6 Å². The second-order valence-electron chi connectivity index (χ2n) is 13.3. The number of aliphatic hydroxyl groups excluding tert-OH is 1. The summed E-state index contributed by atoms with van der Waals surface area (Å²) >= 11 is 3.42. The van der Waals surface area contributed by atoms with Gasteiger partial charge in [-0.25, -0.2) is 4.98 Å². The number of halogens is 1. The monoisotopic (exact) mass is 679 g/mol. The van der Waals surface area contributed by atoms with E-state index in [0.717, 1.165) is 24.8 Å². The molecule has 3 aliphatic heterocycles. The molecule has 5 aliphatic rings. The van der Waals surface area contributed by atoms with E-state index in [1.54, 1.807) is 23.1 Å². The number of amides is 2. The van der Waals surface area contributed by atoms with E-state index in [4.69, 9.17) is 14.2 Å². The number of Topliss-reactive ketones (excluding diaryl/α,β-unsaturated/α-hetero) is 1. The Balaban J connectivity index is 1.03. The molecule has 236 valence electrons. The van der Waals surface area contributed by atoms with Gasteiger partial charge >= 0.3 is 0 Å². The normalized spacial score (nSPS) is 31.6. The number of aromatic nitrogens is 3. The lowest BCUT2D eigenvalue weighted by Crippen LogP contribution is -2.47. The molecular weight excluding hydrogens is 646 g/mol. The Morgan fingerprint density at radius 2 is 1.93 bits per heavy atom. The molecule has 5 fully saturated rings. The van der Waals surface area contributed by atoms with Gasteiger partial charge in [0, 0.05) is 18.4 Å². The van der Waals surface area contributed by atoms with Gasteiger partial charge in [0.05, 0.1) is 18.7 Å². The number of rotatable bonds is 8. The van der Waals surface area contributed by atoms with Gasteiger partial charge in [0.2, 0.25) is 11.8 Å². The first kappa shape index (κ1) is 29.0. The van der Waals surface area contributed by atoms with Crippen molar-refractivity contribution in [2.75, 3.05) is 18.5 Å². The van der Waals surface area contributed by atoms with Gasteiger partial charge in [-0.2, -0.15) is 5.10 Å². The highest BCUT2D eigenvalue weighted by molar-refractivity contribution is 9.10. The van der Waals surface area contributed by atoms with Crippen LogP contribution in [0, 0.1) is 5.41 Å². The van der Waals surface area contributed by atoms with Gasteiger partial charge in [0.1, 0.15) is 52.8 Å². The number of nitrogens with zero attached hydrogens (tertiary/aromatic N) is 4. The Hall–Kier alpha value is -3.39. The number of carbonyl (C=O) groups is 3. The zero-order valence-corrected chi connectivity index (χ0v) is 26.5. The molecule has 0 radical (unpaired) electrons. The van der Waals surface area contributed by atoms with Crippen LogP contribution in [0.15, 0.2) is 34.9 Å². The quantitative estimate of drug-likeness (QED) is 0.271. The third-order valence-electron chi connectivity index (χ3n) is 9.99. The summed E-state index contributed by atoms with van der Waals surface area (Å²) in [5.41, 5.74) is 1.76. The van der Waals surface area contributed by atoms with Crippen molar-refractivity contribution in [3.8, 4) is 5.75 Å². The lowest BCUT2D eigenvalue weighted by molar-refractivity contribution is -0.138. The third-order valence-corrected chi connectivity index (χ3v) is 10.4. The summed E-state index contributed by atoms with van der Waals surface area (Å²) in [4.78, 5) is 46.5. The van der Waals surface area contributed by atoms with Gasteiger partial charge in [-0.05, 0) is 82.8 Å². The number of benzene rings is 1. The fourth-order valence-electron chi connectivity index (χ4n) is 7.37. The number of ketones is 1. The fraction of sp³-hybridized carbons (Fsp3) is 0.531. The van der Waals surface area contributed by atoms with Crippen LogP contribution < -0.4 is 10.1 Å². The summed E-state index contributed by atoms with van der Waals surface area (Å²) in [5.74, 6) is 0.750. The van der Waals surface area contributed by atoms with Crippen LogP contribution in [0.5, 0.6) is 5.75 Å². The Bertz CT molecular complexity index is 1740. The Labute approximate surface area is 267 Å². The Morgan fingerprint density at radius 1 is 1.13 bits per heavy atom. The number of fused-ring (bicyclic) bond motifs is 3. The summed E-state index contributed by atoms with van der Waals surface area (Å²) in [5, 5.41) is 18.2. The van der Waals surface area contributed by atoms with Crippen molar-refractivity contribution in [2.45, 2.75) is 88.5 Å². The molecule has 0 unspecified atom stereocenters. The molecule has 8 rings (SSSR count). The molecule has 3 aromatic rings. The number of hydrogen-bond acceptors (Lipinski definition) is 9. The van der Waals surface area contributed by atoms with E-state index in [-0.39, 0.29) is 60.6 Å². The van der Waals surface area contributed by atoms with E-state index in [9.17, 15) is 19.5 Å². The summed E-state index contributed by atoms with van der Waals surface area (Å²) in [6.07, 6.45) is 1.69. The number of anilines is 1. The van der Waals surface area contributed by atoms with Gasteiger partial charge in [-0.3, -0.25) is 19.1 Å². The minimum absolute atomic E-state index is 0.0259. The SMILES string of the molecule is CC(=O)c1nn(CC(=O)N2[C@H](C(=O)Nc3nc(Br)ccc3C3CC3)C[C@@]3(C)C[C@@H]23)c2ccc(O[C@@H]3CO[C@H]4[C@@H]3OC[C@H]4O)cc12. The highest BCUT2D eigenvalue weighted by Gasteiger charge is 2.64. The highest BCUT2D eigenvalue weighted by Crippen LogP contribution is 2.59. The van der Waals surface area contributed by atoms with Crippen LogP contribution in [0.4, 0.5) is 5.82 Å². The first-order chi connectivity index (χ1) is 21.6. The molecule has 12 nitrogen and oxygen atoms in total. The van der Waals surface area contributed by atoms with E-state index in [1.165, 1.54) is 11.6 Å². The fourth-order valence-corrected chi connectivity index (χ4v) is 7.68. The number of carbonyl (C=O) groups excluding carboxylic acids is 3. The molecule has 0 spiro atoms. The number of nitrogens with one attached hydrogen (secondary N) is 1. The topological polar surface area (TPSA) is 145 Å². The zero-order chi connectivity index (χ0) is 31.2. The van der Waals surface area contributed by atoms with Crippen molar-refractivity contribution >= 4 is 50.2 Å². The van der Waals surface area contributed by atoms with Gasteiger partial charge in [-0.1, -0.05) is 13.0 Å². The first-order valence-electron chi connectivity index (χ1n) is 15.5. The number of ether oxygens (including phenoxy) is 3. The number of likely N-dealkylation sites (tertiary alicyclic amines) is 1. The van der Waals surface area contributed by atoms with Crippen LogP contribution in [0.2, 0.25) is 0 Å². The van der Waals surface area contributed by atoms with Crippen LogP contribution in [0.25, 0.3) is 10.9 Å². The van der Waals surface area contributed by atoms with Gasteiger partial charge in [-0.15, -0.1) is 0 Å². The maximum Gasteiger partial charge on any atom is 0.248 e. The minimum atomic E-state index is -0.682. The predicted molar refractivity (Wildman–Crippen MR) is 164 cm³/mol. The molecule has 2 aliphatic carbocycles. The van der Waals surface area contributed by atoms with E-state index in [1.807, 2.05) is 12.1 Å². The average molecular weight is 681 g/mol. The molecule has 2 saturated carbocycles. The smallest absolute Gasteiger partial charge is 0.248 e. The lowest BCUT2D eigenvalue weighted by Gasteiger charge is -2.27. The largest absolute Gasteiger partial charge is 0.485 e. The van der Waals surface area contributed by atoms with Crippen LogP contribution in [0.3, 0.4) is 0 Å². The summed E-state index contributed by atoms with van der Waals surface area (Å²) in [6.45, 7) is 3.92. The predicted octanol–water partition coefficient (Wildman–Crippen LogP) is 3.20. The maximum atomic E-state index is 14.0. The van der Waals surface area contributed by atoms with Gasteiger partial charge in [0.25, 0.3) is 0 Å². The molecular formula is C32H34BrN5O7. The molecule has 3 saturated heterocycles. The lowest BCUT2D eigenvalue weighted by atomic mass is 10.0. The Morgan fingerprint density at radius 3 is 2.71 bits per heavy atom. The molecule has 7 atom stereocenters. The number of aliphatic hydroxyl groups is 1. The van der Waals surface area contributed by atoms with E-state index in [2.05, 4.69) is 38.3 Å². The molecule has 2 amide bonds. The van der Waals surface area contributed by atoms with Crippen molar-refractivity contribution in [1.82, 2.24) is 19.7 Å². The summed E-state index contributed by atoms with van der Waals surface area (Å²) < 4.78 is 19.7. The number of hydrogen-bond donors (Lipinski definition) is 2. The number of piperidine rings is 1. The number of pyridine rings is 1. The first-order valence-corrected chi connectivity index (χ1v) is 16.3. The van der Waals surface area contributed by atoms with Gasteiger partial charge < -0.3 is 29.5 Å². The summed E-state index contributed by atoms with van der Waals surface area (Å²) in [6, 6.07) is 8.52. The highest BCUT2D eigenvalue weighted by atomic mass is 79.9. The maximum absolute atomic E-state index is 14.0. The molecule has 1 aromatic carbocycles. The van der Waals surface area contributed by atoms with Crippen molar-refractivity contribution in [1.29, 1.82) is 0 Å². The molecule has 45 heavy (non-hydrogen) atoms. The molecule has 0 bridgehead atoms. The second kappa shape index (κ2) is 10.6. The van der Waals surface area contributed by atoms with Crippen molar-refractivity contribution in [3.05, 3.63) is 46.2 Å². The molecule has 2 N–H and O–H groups in total. The van der Waals surface area contributed by atoms with Crippen molar-refractivity contribution in [2.24, 2.45) is 5.41 Å². The van der Waals surface area contributed by atoms with E-state index < -0.39 is 24.4 Å². The third kappa shape index (κ3) is 5.04. The molecule has 13 heteroatoms. The standard InChI is InChI=1S/C32H34BrN5O7/c1-15(39)27-19-9-17(45-23-14-44-28-22(40)13-43-29(23)28)5-7-20(19)37(36-27)12-26(41)38-21(10-32(2)11-24(32)38)31(42)35-30-18(16-3-4-16)6-8-25(33)34-30/h5-9,16,21-24,28-29,40H,3-4,10-14H2,1-2H3,(H,34,35,42)/t21-,22+,23+,24+,28+,29+,32-/m0/s1. The minimum Gasteiger partial charge on any atom is -0.485 e. The van der Waals surface area contributed by atoms with Crippen LogP contribution in [0.1, 0.15) is 61.5 Å². The van der Waals surface area contributed by atoms with E-state index in [0.29, 0.717) is 39.4 Å². The molecule has 5 heterocycles. The van der Waals surface area contributed by atoms with Crippen molar-refractivity contribution < 1.29 is 33.7 Å². The van der Waals surface area contributed by atoms with Gasteiger partial charge in [0.15, 0.2) is 11.9 Å². The van der Waals surface area contributed by atoms with Crippen LogP contribution in [-0.4, -0.2) is 92.1 Å². The average Bonchev–Trinajstić information content (AvgIpc) is 3.76. The summed E-state index contributed by atoms with van der Waals surface area (Å²) in [7, 11) is 0. The van der Waals surface area contributed by atoms with E-state index >= 15 is 0 Å². The second-order valence-corrected chi connectivity index (χ2v) is 14.1. The zero-order valence-electron chi connectivity index (χ0n) is 24.9. The van der Waals surface area contributed by atoms with Crippen molar-refractivity contribution in [3.63, 3.8) is 0 Å². The Kier molecular flexibility index (Phi) is 6.83. The molecule has 2 aromatic heterocycles.